The minimum Gasteiger partial charge on any atom is -0.460 e. The predicted octanol–water partition coefficient (Wildman–Crippen LogP) is 1.16. The minimum absolute atomic E-state index is 0.307. The summed E-state index contributed by atoms with van der Waals surface area (Å²) in [6.07, 6.45) is -3.77. The fraction of sp³-hybridized carbons (Fsp3) is 0.750. The third-order valence-electron chi connectivity index (χ3n) is 0.813. The summed E-state index contributed by atoms with van der Waals surface area (Å²) in [5.74, 6) is -7.61. The number of rotatable bonds is 4. The molecule has 64 valence electrons. The van der Waals surface area contributed by atoms with Crippen molar-refractivity contribution in [2.45, 2.75) is 27.0 Å². The van der Waals surface area contributed by atoms with Crippen molar-refractivity contribution in [1.29, 1.82) is 0 Å². The van der Waals surface area contributed by atoms with Crippen molar-refractivity contribution < 1.29 is 26.7 Å². The maximum atomic E-state index is 11.8. The lowest BCUT2D eigenvalue weighted by Crippen LogP contribution is -2.23. The molecule has 11 heavy (non-hydrogen) atoms. The van der Waals surface area contributed by atoms with Gasteiger partial charge in [-0.3, -0.25) is 4.79 Å². The van der Waals surface area contributed by atoms with Gasteiger partial charge in [0.15, 0.2) is 0 Å². The minimum atomic E-state index is -3.79. The van der Waals surface area contributed by atoms with Gasteiger partial charge >= 0.3 is 5.97 Å². The van der Waals surface area contributed by atoms with Gasteiger partial charge in [0, 0.05) is 18.2 Å². The average Bonchev–Trinajstić information content (AvgIpc) is 2.23. The Labute approximate surface area is 79.4 Å². The fourth-order valence-corrected chi connectivity index (χ4v) is 0.355. The molecule has 0 aromatic rings. The summed E-state index contributed by atoms with van der Waals surface area (Å²) in [5.41, 5.74) is 0. The Morgan fingerprint density at radius 3 is 3.00 bits per heavy atom. The van der Waals surface area contributed by atoms with Crippen LogP contribution in [0.1, 0.15) is 39.3 Å². The van der Waals surface area contributed by atoms with Crippen LogP contribution in [-0.2, 0) is 14.3 Å². The maximum absolute atomic E-state index is 11.8. The SMILES string of the molecule is [2H]C([2H])([2H])C([2H])([2H])C([2H])(C(=O)C(=O)OCC)C([2H])([2H])[2H]. The number of ether oxygens (including phenoxy) is 1. The molecule has 0 aliphatic rings. The molecule has 1 unspecified atom stereocenters. The Balaban J connectivity index is 6.05. The van der Waals surface area contributed by atoms with Crippen LogP contribution in [0.5, 0.6) is 0 Å². The van der Waals surface area contributed by atoms with Crippen LogP contribution >= 0.6 is 0 Å². The molecule has 0 saturated carbocycles. The van der Waals surface area contributed by atoms with Crippen LogP contribution in [0.25, 0.3) is 0 Å². The molecule has 0 aromatic heterocycles. The molecule has 0 amide bonds. The van der Waals surface area contributed by atoms with Crippen LogP contribution in [0.3, 0.4) is 0 Å². The molecule has 0 radical (unpaired) electrons. The quantitative estimate of drug-likeness (QED) is 0.466. The number of esters is 1. The molecular weight excluding hydrogens is 144 g/mol. The van der Waals surface area contributed by atoms with E-state index < -0.39 is 37.7 Å². The first-order valence-electron chi connectivity index (χ1n) is 7.36. The van der Waals surface area contributed by atoms with Gasteiger partial charge in [0.2, 0.25) is 5.78 Å². The van der Waals surface area contributed by atoms with Crippen molar-refractivity contribution in [2.24, 2.45) is 5.89 Å². The lowest BCUT2D eigenvalue weighted by atomic mass is 10.0. The summed E-state index contributed by atoms with van der Waals surface area (Å²) in [6.45, 7) is -6.26. The molecule has 0 fully saturated rings. The van der Waals surface area contributed by atoms with Crippen LogP contribution < -0.4 is 0 Å². The molecule has 0 bridgehead atoms. The third kappa shape index (κ3) is 3.16. The van der Waals surface area contributed by atoms with Crippen LogP contribution in [-0.4, -0.2) is 18.4 Å². The predicted molar refractivity (Wildman–Crippen MR) is 41.1 cm³/mol. The molecule has 0 rings (SSSR count). The molecule has 0 spiro atoms. The van der Waals surface area contributed by atoms with Gasteiger partial charge in [0.05, 0.1) is 6.61 Å². The highest BCUT2D eigenvalue weighted by molar-refractivity contribution is 6.34. The lowest BCUT2D eigenvalue weighted by molar-refractivity contribution is -0.155. The zero-order valence-electron chi connectivity index (χ0n) is 14.9. The van der Waals surface area contributed by atoms with Gasteiger partial charge in [-0.25, -0.2) is 4.79 Å². The molecule has 0 heterocycles. The average molecular weight is 167 g/mol. The van der Waals surface area contributed by atoms with E-state index in [-0.39, 0.29) is 6.61 Å². The van der Waals surface area contributed by atoms with E-state index in [1.165, 1.54) is 6.92 Å². The smallest absolute Gasteiger partial charge is 0.374 e. The van der Waals surface area contributed by atoms with Gasteiger partial charge in [0.25, 0.3) is 0 Å². The molecule has 3 nitrogen and oxygen atoms in total. The maximum Gasteiger partial charge on any atom is 0.374 e. The van der Waals surface area contributed by atoms with Crippen molar-refractivity contribution >= 4 is 11.8 Å². The summed E-state index contributed by atoms with van der Waals surface area (Å²) in [7, 11) is 0. The normalized spacial score (nSPS) is 30.8. The molecule has 0 aliphatic carbocycles. The largest absolute Gasteiger partial charge is 0.460 e. The summed E-state index contributed by atoms with van der Waals surface area (Å²) >= 11 is 0. The summed E-state index contributed by atoms with van der Waals surface area (Å²) in [4.78, 5) is 23.1. The molecule has 1 atom stereocenters. The second-order valence-corrected chi connectivity index (χ2v) is 1.55. The van der Waals surface area contributed by atoms with E-state index in [0.717, 1.165) is 0 Å². The van der Waals surface area contributed by atoms with Crippen molar-refractivity contribution in [2.75, 3.05) is 6.61 Å². The fourth-order valence-electron chi connectivity index (χ4n) is 0.355. The highest BCUT2D eigenvalue weighted by atomic mass is 16.5. The summed E-state index contributed by atoms with van der Waals surface area (Å²) in [5, 5.41) is 0. The van der Waals surface area contributed by atoms with E-state index in [1.54, 1.807) is 0 Å². The van der Waals surface area contributed by atoms with Gasteiger partial charge in [-0.2, -0.15) is 0 Å². The van der Waals surface area contributed by atoms with Gasteiger partial charge in [-0.15, -0.1) is 0 Å². The third-order valence-corrected chi connectivity index (χ3v) is 0.813. The van der Waals surface area contributed by atoms with Crippen molar-refractivity contribution in [1.82, 2.24) is 0 Å². The zero-order valence-corrected chi connectivity index (χ0v) is 5.93. The van der Waals surface area contributed by atoms with E-state index in [4.69, 9.17) is 12.3 Å². The van der Waals surface area contributed by atoms with E-state index >= 15 is 0 Å². The van der Waals surface area contributed by atoms with E-state index in [9.17, 15) is 9.59 Å². The zero-order chi connectivity index (χ0) is 16.6. The van der Waals surface area contributed by atoms with E-state index in [0.29, 0.717) is 0 Å². The first-order valence-corrected chi connectivity index (χ1v) is 2.86. The Hall–Kier alpha value is -0.860. The van der Waals surface area contributed by atoms with E-state index in [1.807, 2.05) is 0 Å². The number of ketones is 1. The molecule has 0 N–H and O–H groups in total. The van der Waals surface area contributed by atoms with Crippen LogP contribution in [0.15, 0.2) is 0 Å². The van der Waals surface area contributed by atoms with Crippen molar-refractivity contribution in [3.05, 3.63) is 0 Å². The van der Waals surface area contributed by atoms with Gasteiger partial charge < -0.3 is 4.74 Å². The Morgan fingerprint density at radius 2 is 2.55 bits per heavy atom. The summed E-state index contributed by atoms with van der Waals surface area (Å²) in [6, 6.07) is 0. The number of carbonyl (C=O) groups excluding carboxylic acids is 2. The van der Waals surface area contributed by atoms with Crippen LogP contribution in [0, 0.1) is 5.89 Å². The lowest BCUT2D eigenvalue weighted by Gasteiger charge is -2.04. The van der Waals surface area contributed by atoms with Crippen molar-refractivity contribution in [3.8, 4) is 0 Å². The molecular formula is C8H14O3. The monoisotopic (exact) mass is 167 g/mol. The number of Topliss-reactive ketones (excluding diaryl/α,β-unsaturated/α-hetero) is 1. The topological polar surface area (TPSA) is 43.4 Å². The Kier molecular flexibility index (Phi) is 1.14. The number of hydrogen-bond donors (Lipinski definition) is 0. The highest BCUT2D eigenvalue weighted by Gasteiger charge is 2.20. The second-order valence-electron chi connectivity index (χ2n) is 1.55. The molecule has 0 aliphatic heterocycles. The highest BCUT2D eigenvalue weighted by Crippen LogP contribution is 2.02. The Morgan fingerprint density at radius 1 is 1.82 bits per heavy atom. The second kappa shape index (κ2) is 4.88. The molecule has 0 aromatic carbocycles. The summed E-state index contributed by atoms with van der Waals surface area (Å²) < 4.78 is 68.9. The van der Waals surface area contributed by atoms with E-state index in [2.05, 4.69) is 4.74 Å². The van der Waals surface area contributed by atoms with Gasteiger partial charge in [0.1, 0.15) is 0 Å². The van der Waals surface area contributed by atoms with Crippen LogP contribution in [0.4, 0.5) is 0 Å². The van der Waals surface area contributed by atoms with Crippen LogP contribution in [0.2, 0.25) is 0 Å². The van der Waals surface area contributed by atoms with Gasteiger partial charge in [-0.1, -0.05) is 13.7 Å². The Bertz CT molecular complexity index is 397. The van der Waals surface area contributed by atoms with Crippen molar-refractivity contribution in [3.63, 3.8) is 0 Å². The molecule has 0 saturated heterocycles. The first kappa shape index (κ1) is 2.57. The standard InChI is InChI=1S/C8H14O3/c1-4-6(3)7(9)8(10)11-5-2/h6H,4-5H2,1-3H3/i1D3,3D3,4D2,6D. The molecule has 3 heteroatoms. The first-order chi connectivity index (χ1) is 8.64. The number of hydrogen-bond acceptors (Lipinski definition) is 3. The number of carbonyl (C=O) groups is 2. The van der Waals surface area contributed by atoms with Gasteiger partial charge in [-0.05, 0) is 13.3 Å².